The molecule has 0 fully saturated rings. The third-order valence-corrected chi connectivity index (χ3v) is 3.37. The van der Waals surface area contributed by atoms with Crippen LogP contribution in [0.15, 0.2) is 35.5 Å². The summed E-state index contributed by atoms with van der Waals surface area (Å²) < 4.78 is 10.3. The van der Waals surface area contributed by atoms with Crippen LogP contribution >= 0.6 is 0 Å². The molecule has 1 aromatic rings. The van der Waals surface area contributed by atoms with Gasteiger partial charge < -0.3 is 14.8 Å². The summed E-state index contributed by atoms with van der Waals surface area (Å²) in [5.41, 5.74) is 2.73. The number of anilines is 1. The summed E-state index contributed by atoms with van der Waals surface area (Å²) in [4.78, 5) is 12.0. The zero-order chi connectivity index (χ0) is 14.4. The topological polar surface area (TPSA) is 47.6 Å². The molecular formula is C16H21NO3. The average molecular weight is 275 g/mol. The first kappa shape index (κ1) is 14.4. The molecule has 0 atom stereocenters. The minimum Gasteiger partial charge on any atom is -0.497 e. The van der Waals surface area contributed by atoms with Crippen molar-refractivity contribution in [2.45, 2.75) is 32.6 Å². The molecule has 4 heteroatoms. The monoisotopic (exact) mass is 275 g/mol. The summed E-state index contributed by atoms with van der Waals surface area (Å²) >= 11 is 0. The molecule has 1 aliphatic rings. The maximum absolute atomic E-state index is 12.0. The lowest BCUT2D eigenvalue weighted by atomic mass is 9.96. The number of carbonyl (C=O) groups excluding carboxylic acids is 1. The Balaban J connectivity index is 2.16. The van der Waals surface area contributed by atoms with Gasteiger partial charge in [0.2, 0.25) is 0 Å². The lowest BCUT2D eigenvalue weighted by Gasteiger charge is -2.20. The van der Waals surface area contributed by atoms with Crippen LogP contribution in [0, 0.1) is 0 Å². The Morgan fingerprint density at radius 3 is 2.55 bits per heavy atom. The van der Waals surface area contributed by atoms with Crippen LogP contribution in [-0.4, -0.2) is 19.7 Å². The van der Waals surface area contributed by atoms with E-state index in [1.807, 2.05) is 31.2 Å². The molecule has 1 aromatic carbocycles. The smallest absolute Gasteiger partial charge is 0.335 e. The molecule has 4 nitrogen and oxygen atoms in total. The van der Waals surface area contributed by atoms with Gasteiger partial charge in [-0.3, -0.25) is 0 Å². The maximum atomic E-state index is 12.0. The Labute approximate surface area is 119 Å². The van der Waals surface area contributed by atoms with Gasteiger partial charge in [-0.2, -0.15) is 0 Å². The first-order chi connectivity index (χ1) is 9.74. The largest absolute Gasteiger partial charge is 0.497 e. The molecule has 0 radical (unpaired) electrons. The molecule has 0 amide bonds. The number of nitrogens with one attached hydrogen (secondary N) is 1. The van der Waals surface area contributed by atoms with E-state index in [9.17, 15) is 4.79 Å². The van der Waals surface area contributed by atoms with E-state index in [2.05, 4.69) is 5.32 Å². The van der Waals surface area contributed by atoms with Crippen LogP contribution in [0.1, 0.15) is 32.6 Å². The van der Waals surface area contributed by atoms with Crippen LogP contribution in [0.2, 0.25) is 0 Å². The van der Waals surface area contributed by atoms with Gasteiger partial charge in [-0.15, -0.1) is 0 Å². The van der Waals surface area contributed by atoms with E-state index in [0.717, 1.165) is 48.4 Å². The Bertz CT molecular complexity index is 491. The highest BCUT2D eigenvalue weighted by molar-refractivity contribution is 5.90. The van der Waals surface area contributed by atoms with Crippen molar-refractivity contribution in [3.63, 3.8) is 0 Å². The normalized spacial score (nSPS) is 14.9. The van der Waals surface area contributed by atoms with Crippen molar-refractivity contribution >= 4 is 11.7 Å². The molecule has 0 saturated carbocycles. The number of methoxy groups -OCH3 is 1. The molecule has 0 unspecified atom stereocenters. The molecule has 0 aromatic heterocycles. The summed E-state index contributed by atoms with van der Waals surface area (Å²) in [6.45, 7) is 2.25. The van der Waals surface area contributed by atoms with Crippen molar-refractivity contribution in [2.75, 3.05) is 19.0 Å². The average Bonchev–Trinajstić information content (AvgIpc) is 2.49. The molecule has 0 aliphatic heterocycles. The van der Waals surface area contributed by atoms with Crippen LogP contribution in [-0.2, 0) is 9.53 Å². The second kappa shape index (κ2) is 6.98. The highest BCUT2D eigenvalue weighted by Gasteiger charge is 2.20. The third-order valence-electron chi connectivity index (χ3n) is 3.37. The lowest BCUT2D eigenvalue weighted by Crippen LogP contribution is -2.17. The van der Waals surface area contributed by atoms with Crippen LogP contribution < -0.4 is 10.1 Å². The Morgan fingerprint density at radius 2 is 1.90 bits per heavy atom. The van der Waals surface area contributed by atoms with E-state index >= 15 is 0 Å². The number of benzene rings is 1. The molecule has 2 rings (SSSR count). The first-order valence-corrected chi connectivity index (χ1v) is 7.04. The van der Waals surface area contributed by atoms with Gasteiger partial charge >= 0.3 is 5.97 Å². The fourth-order valence-corrected chi connectivity index (χ4v) is 2.34. The van der Waals surface area contributed by atoms with Gasteiger partial charge in [-0.25, -0.2) is 4.79 Å². The van der Waals surface area contributed by atoms with Crippen molar-refractivity contribution in [3.05, 3.63) is 35.5 Å². The van der Waals surface area contributed by atoms with Gasteiger partial charge in [0.15, 0.2) is 0 Å². The summed E-state index contributed by atoms with van der Waals surface area (Å²) in [6.07, 6.45) is 3.82. The van der Waals surface area contributed by atoms with Crippen molar-refractivity contribution in [1.29, 1.82) is 0 Å². The number of rotatable bonds is 5. The molecule has 0 bridgehead atoms. The molecule has 0 heterocycles. The van der Waals surface area contributed by atoms with E-state index < -0.39 is 0 Å². The number of carbonyl (C=O) groups is 1. The fourth-order valence-electron chi connectivity index (χ4n) is 2.34. The van der Waals surface area contributed by atoms with Crippen LogP contribution in [0.25, 0.3) is 0 Å². The molecule has 20 heavy (non-hydrogen) atoms. The van der Waals surface area contributed by atoms with E-state index in [-0.39, 0.29) is 5.97 Å². The van der Waals surface area contributed by atoms with Gasteiger partial charge in [-0.1, -0.05) is 0 Å². The molecule has 0 saturated heterocycles. The number of hydrogen-bond acceptors (Lipinski definition) is 4. The number of allylic oxidation sites excluding steroid dienone is 1. The summed E-state index contributed by atoms with van der Waals surface area (Å²) in [5.74, 6) is 0.627. The number of ether oxygens (including phenoxy) is 2. The predicted molar refractivity (Wildman–Crippen MR) is 78.7 cm³/mol. The van der Waals surface area contributed by atoms with Gasteiger partial charge in [0.05, 0.1) is 19.3 Å². The minimum atomic E-state index is -0.191. The van der Waals surface area contributed by atoms with Crippen molar-refractivity contribution in [2.24, 2.45) is 0 Å². The van der Waals surface area contributed by atoms with E-state index in [1.54, 1.807) is 7.11 Å². The summed E-state index contributed by atoms with van der Waals surface area (Å²) in [7, 11) is 1.64. The third kappa shape index (κ3) is 3.53. The number of hydrogen-bond donors (Lipinski definition) is 1. The minimum absolute atomic E-state index is 0.191. The van der Waals surface area contributed by atoms with Crippen molar-refractivity contribution in [1.82, 2.24) is 0 Å². The first-order valence-electron chi connectivity index (χ1n) is 7.04. The predicted octanol–water partition coefficient (Wildman–Crippen LogP) is 3.50. The van der Waals surface area contributed by atoms with E-state index in [4.69, 9.17) is 9.47 Å². The number of esters is 1. The zero-order valence-corrected chi connectivity index (χ0v) is 12.1. The van der Waals surface area contributed by atoms with Crippen molar-refractivity contribution < 1.29 is 14.3 Å². The lowest BCUT2D eigenvalue weighted by molar-refractivity contribution is -0.138. The molecule has 108 valence electrons. The Hall–Kier alpha value is -1.97. The standard InChI is InChI=1S/C16H21NO3/c1-3-20-16(18)14-6-4-5-7-15(14)17-12-8-10-13(19-2)11-9-12/h8-11,17H,3-7H2,1-2H3. The van der Waals surface area contributed by atoms with Crippen LogP contribution in [0.3, 0.4) is 0 Å². The Morgan fingerprint density at radius 1 is 1.20 bits per heavy atom. The quantitative estimate of drug-likeness (QED) is 0.835. The van der Waals surface area contributed by atoms with Crippen LogP contribution in [0.4, 0.5) is 5.69 Å². The van der Waals surface area contributed by atoms with Gasteiger partial charge in [0.25, 0.3) is 0 Å². The Kier molecular flexibility index (Phi) is 5.04. The molecule has 1 N–H and O–H groups in total. The van der Waals surface area contributed by atoms with E-state index in [1.165, 1.54) is 0 Å². The van der Waals surface area contributed by atoms with Crippen LogP contribution in [0.5, 0.6) is 5.75 Å². The molecular weight excluding hydrogens is 254 g/mol. The molecule has 1 aliphatic carbocycles. The van der Waals surface area contributed by atoms with Gasteiger partial charge in [0.1, 0.15) is 5.75 Å². The van der Waals surface area contributed by atoms with Gasteiger partial charge in [0, 0.05) is 11.4 Å². The summed E-state index contributed by atoms with van der Waals surface area (Å²) in [6, 6.07) is 7.69. The van der Waals surface area contributed by atoms with Crippen molar-refractivity contribution in [3.8, 4) is 5.75 Å². The zero-order valence-electron chi connectivity index (χ0n) is 12.1. The maximum Gasteiger partial charge on any atom is 0.335 e. The highest BCUT2D eigenvalue weighted by Crippen LogP contribution is 2.27. The SMILES string of the molecule is CCOC(=O)C1=C(Nc2ccc(OC)cc2)CCCC1. The fraction of sp³-hybridized carbons (Fsp3) is 0.438. The van der Waals surface area contributed by atoms with Gasteiger partial charge in [-0.05, 0) is 56.9 Å². The molecule has 0 spiro atoms. The second-order valence-corrected chi connectivity index (χ2v) is 4.74. The highest BCUT2D eigenvalue weighted by atomic mass is 16.5. The summed E-state index contributed by atoms with van der Waals surface area (Å²) in [5, 5.41) is 3.34. The van der Waals surface area contributed by atoms with E-state index in [0.29, 0.717) is 6.61 Å². The second-order valence-electron chi connectivity index (χ2n) is 4.74.